The minimum Gasteiger partial charge on any atom is -0.491 e. The van der Waals surface area contributed by atoms with E-state index in [1.54, 1.807) is 19.1 Å². The number of carbonyl (C=O) groups excluding carboxylic acids is 1. The minimum absolute atomic E-state index is 0.0674. The molecule has 0 saturated heterocycles. The van der Waals surface area contributed by atoms with Crippen molar-refractivity contribution >= 4 is 14.1 Å². The van der Waals surface area contributed by atoms with Gasteiger partial charge in [-0.2, -0.15) is 0 Å². The summed E-state index contributed by atoms with van der Waals surface area (Å²) < 4.78 is 11.7. The molecule has 0 radical (unpaired) electrons. The van der Waals surface area contributed by atoms with E-state index < -0.39 is 8.32 Å². The predicted molar refractivity (Wildman–Crippen MR) is 85.1 cm³/mol. The lowest BCUT2D eigenvalue weighted by molar-refractivity contribution is 0.101. The van der Waals surface area contributed by atoms with Gasteiger partial charge in [-0.05, 0) is 49.3 Å². The monoisotopic (exact) mass is 294 g/mol. The van der Waals surface area contributed by atoms with E-state index in [1.807, 2.05) is 12.1 Å². The minimum atomic E-state index is -1.69. The summed E-state index contributed by atoms with van der Waals surface area (Å²) in [5.41, 5.74) is 0.704. The summed E-state index contributed by atoms with van der Waals surface area (Å²) in [6, 6.07) is 7.21. The molecule has 0 heterocycles. The Bertz CT molecular complexity index is 444. The standard InChI is InChI=1S/C16H26O3Si/c1-13(17)14-7-9-15(10-8-14)18-11-12-19-20(5,6)16(2,3)4/h7-10H,11-12H2,1-6H3. The molecule has 3 nitrogen and oxygen atoms in total. The highest BCUT2D eigenvalue weighted by molar-refractivity contribution is 6.74. The van der Waals surface area contributed by atoms with Crippen LogP contribution in [-0.4, -0.2) is 27.3 Å². The second-order valence-electron chi connectivity index (χ2n) is 6.54. The molecule has 0 bridgehead atoms. The third-order valence-electron chi connectivity index (χ3n) is 3.88. The van der Waals surface area contributed by atoms with Gasteiger partial charge in [-0.25, -0.2) is 0 Å². The summed E-state index contributed by atoms with van der Waals surface area (Å²) >= 11 is 0. The number of benzene rings is 1. The molecule has 0 spiro atoms. The highest BCUT2D eigenvalue weighted by Gasteiger charge is 2.36. The van der Waals surface area contributed by atoms with Gasteiger partial charge in [0.05, 0.1) is 6.61 Å². The average molecular weight is 294 g/mol. The molecule has 0 unspecified atom stereocenters. The first-order valence-electron chi connectivity index (χ1n) is 7.01. The van der Waals surface area contributed by atoms with Crippen LogP contribution in [0.15, 0.2) is 24.3 Å². The van der Waals surface area contributed by atoms with Gasteiger partial charge in [-0.15, -0.1) is 0 Å². The summed E-state index contributed by atoms with van der Waals surface area (Å²) in [6.45, 7) is 13.8. The van der Waals surface area contributed by atoms with E-state index in [9.17, 15) is 4.79 Å². The van der Waals surface area contributed by atoms with E-state index in [2.05, 4.69) is 33.9 Å². The van der Waals surface area contributed by atoms with E-state index in [1.165, 1.54) is 0 Å². The second kappa shape index (κ2) is 6.55. The number of rotatable bonds is 6. The Morgan fingerprint density at radius 2 is 1.65 bits per heavy atom. The van der Waals surface area contributed by atoms with Crippen LogP contribution < -0.4 is 4.74 Å². The number of Topliss-reactive ketones (excluding diaryl/α,β-unsaturated/α-hetero) is 1. The average Bonchev–Trinajstić information content (AvgIpc) is 2.34. The van der Waals surface area contributed by atoms with Gasteiger partial charge in [0.2, 0.25) is 0 Å². The van der Waals surface area contributed by atoms with E-state index in [0.29, 0.717) is 18.8 Å². The van der Waals surface area contributed by atoms with E-state index in [4.69, 9.17) is 9.16 Å². The highest BCUT2D eigenvalue weighted by atomic mass is 28.4. The molecule has 0 aliphatic heterocycles. The zero-order chi connectivity index (χ0) is 15.4. The molecule has 4 heteroatoms. The number of hydrogen-bond donors (Lipinski definition) is 0. The quantitative estimate of drug-likeness (QED) is 0.446. The largest absolute Gasteiger partial charge is 0.491 e. The summed E-state index contributed by atoms with van der Waals surface area (Å²) in [7, 11) is -1.69. The van der Waals surface area contributed by atoms with Gasteiger partial charge in [0.15, 0.2) is 14.1 Å². The SMILES string of the molecule is CC(=O)c1ccc(OCCO[Si](C)(C)C(C)(C)C)cc1. The van der Waals surface area contributed by atoms with Crippen LogP contribution in [0.4, 0.5) is 0 Å². The molecule has 0 N–H and O–H groups in total. The summed E-state index contributed by atoms with van der Waals surface area (Å²) in [4.78, 5) is 11.2. The van der Waals surface area contributed by atoms with Crippen molar-refractivity contribution in [3.05, 3.63) is 29.8 Å². The first-order chi connectivity index (χ1) is 9.13. The van der Waals surface area contributed by atoms with Gasteiger partial charge in [0, 0.05) is 5.56 Å². The van der Waals surface area contributed by atoms with Crippen LogP contribution in [0.5, 0.6) is 5.75 Å². The Labute approximate surface area is 123 Å². The Morgan fingerprint density at radius 3 is 2.10 bits per heavy atom. The molecule has 0 amide bonds. The molecule has 20 heavy (non-hydrogen) atoms. The van der Waals surface area contributed by atoms with Crippen LogP contribution in [0.1, 0.15) is 38.1 Å². The maximum absolute atomic E-state index is 11.2. The van der Waals surface area contributed by atoms with Crippen molar-refractivity contribution in [3.63, 3.8) is 0 Å². The Kier molecular flexibility index (Phi) is 5.54. The fraction of sp³-hybridized carbons (Fsp3) is 0.562. The van der Waals surface area contributed by atoms with Gasteiger partial charge in [-0.3, -0.25) is 4.79 Å². The van der Waals surface area contributed by atoms with Gasteiger partial charge >= 0.3 is 0 Å². The zero-order valence-electron chi connectivity index (χ0n) is 13.4. The lowest BCUT2D eigenvalue weighted by Crippen LogP contribution is -2.41. The van der Waals surface area contributed by atoms with Crippen LogP contribution in [0.3, 0.4) is 0 Å². The van der Waals surface area contributed by atoms with Crippen molar-refractivity contribution in [1.29, 1.82) is 0 Å². The Hall–Kier alpha value is -1.13. The van der Waals surface area contributed by atoms with Crippen molar-refractivity contribution < 1.29 is 14.0 Å². The predicted octanol–water partition coefficient (Wildman–Crippen LogP) is 4.29. The molecule has 1 aromatic carbocycles. The highest BCUT2D eigenvalue weighted by Crippen LogP contribution is 2.36. The molecule has 112 valence electrons. The van der Waals surface area contributed by atoms with Crippen molar-refractivity contribution in [2.45, 2.75) is 45.8 Å². The molecular formula is C16H26O3Si. The molecule has 0 aliphatic rings. The summed E-state index contributed by atoms with van der Waals surface area (Å²) in [5.74, 6) is 0.839. The summed E-state index contributed by atoms with van der Waals surface area (Å²) in [5, 5.41) is 0.218. The lowest BCUT2D eigenvalue weighted by Gasteiger charge is -2.36. The van der Waals surface area contributed by atoms with Crippen molar-refractivity contribution in [2.24, 2.45) is 0 Å². The molecule has 0 saturated carbocycles. The molecular weight excluding hydrogens is 268 g/mol. The van der Waals surface area contributed by atoms with Gasteiger partial charge in [0.1, 0.15) is 12.4 Å². The Morgan fingerprint density at radius 1 is 1.10 bits per heavy atom. The van der Waals surface area contributed by atoms with E-state index in [0.717, 1.165) is 5.75 Å². The molecule has 0 atom stereocenters. The van der Waals surface area contributed by atoms with Crippen LogP contribution >= 0.6 is 0 Å². The molecule has 1 aromatic rings. The molecule has 0 fully saturated rings. The number of hydrogen-bond acceptors (Lipinski definition) is 3. The molecule has 0 aromatic heterocycles. The second-order valence-corrected chi connectivity index (χ2v) is 11.3. The van der Waals surface area contributed by atoms with E-state index in [-0.39, 0.29) is 10.8 Å². The lowest BCUT2D eigenvalue weighted by atomic mass is 10.1. The van der Waals surface area contributed by atoms with Crippen molar-refractivity contribution in [2.75, 3.05) is 13.2 Å². The van der Waals surface area contributed by atoms with Gasteiger partial charge in [0.25, 0.3) is 0 Å². The molecule has 1 rings (SSSR count). The number of ketones is 1. The maximum Gasteiger partial charge on any atom is 0.192 e. The third-order valence-corrected chi connectivity index (χ3v) is 8.42. The fourth-order valence-corrected chi connectivity index (χ4v) is 2.49. The first kappa shape index (κ1) is 16.9. The summed E-state index contributed by atoms with van der Waals surface area (Å²) in [6.07, 6.45) is 0. The van der Waals surface area contributed by atoms with Gasteiger partial charge < -0.3 is 9.16 Å². The fourth-order valence-electron chi connectivity index (χ4n) is 1.46. The normalized spacial score (nSPS) is 12.3. The first-order valence-corrected chi connectivity index (χ1v) is 9.92. The molecule has 0 aliphatic carbocycles. The van der Waals surface area contributed by atoms with Crippen LogP contribution in [0.2, 0.25) is 18.1 Å². The van der Waals surface area contributed by atoms with Crippen molar-refractivity contribution in [1.82, 2.24) is 0 Å². The smallest absolute Gasteiger partial charge is 0.192 e. The number of ether oxygens (including phenoxy) is 1. The Balaban J connectivity index is 2.40. The van der Waals surface area contributed by atoms with Crippen LogP contribution in [-0.2, 0) is 4.43 Å². The van der Waals surface area contributed by atoms with E-state index >= 15 is 0 Å². The van der Waals surface area contributed by atoms with Gasteiger partial charge in [-0.1, -0.05) is 20.8 Å². The topological polar surface area (TPSA) is 35.5 Å². The maximum atomic E-state index is 11.2. The zero-order valence-corrected chi connectivity index (χ0v) is 14.4. The third kappa shape index (κ3) is 4.76. The number of carbonyl (C=O) groups is 1. The van der Waals surface area contributed by atoms with Crippen molar-refractivity contribution in [3.8, 4) is 5.75 Å². The van der Waals surface area contributed by atoms with Crippen LogP contribution in [0, 0.1) is 0 Å². The van der Waals surface area contributed by atoms with Crippen LogP contribution in [0.25, 0.3) is 0 Å².